The molecule has 0 aliphatic heterocycles. The third kappa shape index (κ3) is 6.16. The number of sulfonamides is 1. The molecule has 1 amide bonds. The third-order valence-corrected chi connectivity index (χ3v) is 6.64. The van der Waals surface area contributed by atoms with Gasteiger partial charge in [-0.3, -0.25) is 4.79 Å². The summed E-state index contributed by atoms with van der Waals surface area (Å²) in [6.07, 6.45) is 0. The third-order valence-electron chi connectivity index (χ3n) is 4.83. The maximum atomic E-state index is 12.7. The second-order valence-electron chi connectivity index (χ2n) is 7.22. The normalized spacial score (nSPS) is 11.3. The number of likely N-dealkylation sites (N-methyl/N-ethyl adjacent to an activating group) is 1. The van der Waals surface area contributed by atoms with Crippen molar-refractivity contribution in [3.05, 3.63) is 95.6 Å². The monoisotopic (exact) mass is 438 g/mol. The van der Waals surface area contributed by atoms with E-state index in [1.54, 1.807) is 24.3 Å². The number of aryl methyl sites for hydroxylation is 1. The molecule has 0 saturated carbocycles. The summed E-state index contributed by atoms with van der Waals surface area (Å²) in [4.78, 5) is 12.6. The Morgan fingerprint density at radius 1 is 0.903 bits per heavy atom. The van der Waals surface area contributed by atoms with Crippen molar-refractivity contribution in [1.82, 2.24) is 9.62 Å². The van der Waals surface area contributed by atoms with Gasteiger partial charge in [-0.15, -0.1) is 0 Å². The highest BCUT2D eigenvalue weighted by Crippen LogP contribution is 2.16. The number of nitrogens with zero attached hydrogens (tertiary/aromatic N) is 1. The minimum absolute atomic E-state index is 0.164. The van der Waals surface area contributed by atoms with Gasteiger partial charge in [0.15, 0.2) is 0 Å². The summed E-state index contributed by atoms with van der Waals surface area (Å²) >= 11 is 0. The molecule has 0 unspecified atom stereocenters. The Hall–Kier alpha value is -3.16. The highest BCUT2D eigenvalue weighted by molar-refractivity contribution is 7.89. The number of hydrogen-bond acceptors (Lipinski definition) is 4. The van der Waals surface area contributed by atoms with Crippen LogP contribution in [0, 0.1) is 6.92 Å². The van der Waals surface area contributed by atoms with Crippen LogP contribution >= 0.6 is 0 Å². The molecule has 0 aliphatic carbocycles. The average Bonchev–Trinajstić information content (AvgIpc) is 2.77. The van der Waals surface area contributed by atoms with E-state index in [2.05, 4.69) is 5.32 Å². The second-order valence-corrected chi connectivity index (χ2v) is 9.27. The van der Waals surface area contributed by atoms with E-state index in [-0.39, 0.29) is 23.9 Å². The first-order valence-corrected chi connectivity index (χ1v) is 11.3. The number of carbonyl (C=O) groups excluding carboxylic acids is 1. The van der Waals surface area contributed by atoms with Gasteiger partial charge in [-0.25, -0.2) is 8.42 Å². The molecule has 0 bridgehead atoms. The highest BCUT2D eigenvalue weighted by Gasteiger charge is 2.22. The summed E-state index contributed by atoms with van der Waals surface area (Å²) in [5.41, 5.74) is 2.83. The van der Waals surface area contributed by atoms with Crippen molar-refractivity contribution in [3.63, 3.8) is 0 Å². The molecule has 3 aromatic rings. The van der Waals surface area contributed by atoms with Crippen molar-refractivity contribution >= 4 is 15.9 Å². The molecule has 0 spiro atoms. The van der Waals surface area contributed by atoms with Gasteiger partial charge in [-0.1, -0.05) is 60.2 Å². The van der Waals surface area contributed by atoms with Gasteiger partial charge in [0.05, 0.1) is 11.4 Å². The SMILES string of the molecule is Cc1ccc(S(=O)(=O)N(C)CC(=O)NCc2ccccc2COc2ccccc2)cc1. The van der Waals surface area contributed by atoms with Gasteiger partial charge in [0.25, 0.3) is 0 Å². The van der Waals surface area contributed by atoms with E-state index in [1.165, 1.54) is 7.05 Å². The number of ether oxygens (including phenoxy) is 1. The standard InChI is InChI=1S/C24H26N2O4S/c1-19-12-14-23(15-13-19)31(28,29)26(2)17-24(27)25-16-20-8-6-7-9-21(20)18-30-22-10-4-3-5-11-22/h3-15H,16-18H2,1-2H3,(H,25,27). The van der Waals surface area contributed by atoms with Crippen LogP contribution in [0.25, 0.3) is 0 Å². The minimum Gasteiger partial charge on any atom is -0.489 e. The lowest BCUT2D eigenvalue weighted by atomic mass is 10.1. The first-order chi connectivity index (χ1) is 14.9. The van der Waals surface area contributed by atoms with Gasteiger partial charge >= 0.3 is 0 Å². The lowest BCUT2D eigenvalue weighted by Gasteiger charge is -2.17. The molecule has 3 aromatic carbocycles. The Labute approximate surface area is 183 Å². The van der Waals surface area contributed by atoms with Crippen LogP contribution in [-0.2, 0) is 28.0 Å². The van der Waals surface area contributed by atoms with Crippen LogP contribution in [-0.4, -0.2) is 32.2 Å². The molecule has 0 saturated heterocycles. The molecule has 31 heavy (non-hydrogen) atoms. The Morgan fingerprint density at radius 2 is 1.52 bits per heavy atom. The average molecular weight is 439 g/mol. The van der Waals surface area contributed by atoms with Crippen LogP contribution in [0.5, 0.6) is 5.75 Å². The van der Waals surface area contributed by atoms with E-state index in [0.717, 1.165) is 26.7 Å². The number of para-hydroxylation sites is 1. The summed E-state index contributed by atoms with van der Waals surface area (Å²) in [6, 6.07) is 23.7. The number of rotatable bonds is 9. The van der Waals surface area contributed by atoms with E-state index in [1.807, 2.05) is 61.5 Å². The predicted molar refractivity (Wildman–Crippen MR) is 120 cm³/mol. The van der Waals surface area contributed by atoms with Gasteiger partial charge < -0.3 is 10.1 Å². The summed E-state index contributed by atoms with van der Waals surface area (Å²) < 4.78 is 32.2. The number of carbonyl (C=O) groups is 1. The Kier molecular flexibility index (Phi) is 7.44. The van der Waals surface area contributed by atoms with Crippen LogP contribution in [0.2, 0.25) is 0 Å². The molecule has 0 heterocycles. The van der Waals surface area contributed by atoms with E-state index >= 15 is 0 Å². The summed E-state index contributed by atoms with van der Waals surface area (Å²) in [7, 11) is -2.33. The van der Waals surface area contributed by atoms with Gasteiger partial charge in [0, 0.05) is 13.6 Å². The smallest absolute Gasteiger partial charge is 0.243 e. The van der Waals surface area contributed by atoms with E-state index in [0.29, 0.717) is 6.61 Å². The maximum Gasteiger partial charge on any atom is 0.243 e. The first kappa shape index (κ1) is 22.5. The fourth-order valence-electron chi connectivity index (χ4n) is 2.98. The van der Waals surface area contributed by atoms with Gasteiger partial charge in [0.1, 0.15) is 12.4 Å². The van der Waals surface area contributed by atoms with Crippen LogP contribution in [0.15, 0.2) is 83.8 Å². The van der Waals surface area contributed by atoms with Crippen LogP contribution in [0.1, 0.15) is 16.7 Å². The molecule has 3 rings (SSSR count). The summed E-state index contributed by atoms with van der Waals surface area (Å²) in [6.45, 7) is 2.28. The molecule has 6 nitrogen and oxygen atoms in total. The van der Waals surface area contributed by atoms with Crippen molar-refractivity contribution < 1.29 is 17.9 Å². The molecule has 0 aromatic heterocycles. The van der Waals surface area contributed by atoms with E-state index < -0.39 is 10.0 Å². The predicted octanol–water partition coefficient (Wildman–Crippen LogP) is 3.51. The molecular formula is C24H26N2O4S. The number of hydrogen-bond donors (Lipinski definition) is 1. The minimum atomic E-state index is -3.73. The Morgan fingerprint density at radius 3 is 2.19 bits per heavy atom. The lowest BCUT2D eigenvalue weighted by molar-refractivity contribution is -0.121. The Balaban J connectivity index is 1.57. The number of nitrogens with one attached hydrogen (secondary N) is 1. The lowest BCUT2D eigenvalue weighted by Crippen LogP contribution is -2.38. The van der Waals surface area contributed by atoms with Crippen molar-refractivity contribution in [2.24, 2.45) is 0 Å². The maximum absolute atomic E-state index is 12.7. The van der Waals surface area contributed by atoms with Crippen LogP contribution in [0.3, 0.4) is 0 Å². The van der Waals surface area contributed by atoms with Gasteiger partial charge in [0.2, 0.25) is 15.9 Å². The zero-order valence-corrected chi connectivity index (χ0v) is 18.4. The zero-order valence-electron chi connectivity index (χ0n) is 17.6. The number of amides is 1. The molecule has 0 radical (unpaired) electrons. The fourth-order valence-corrected chi connectivity index (χ4v) is 4.10. The van der Waals surface area contributed by atoms with Crippen LogP contribution in [0.4, 0.5) is 0 Å². The summed E-state index contributed by atoms with van der Waals surface area (Å²) in [5.74, 6) is 0.390. The molecular weight excluding hydrogens is 412 g/mol. The molecule has 0 fully saturated rings. The Bertz CT molecular complexity index is 1110. The van der Waals surface area contributed by atoms with Crippen molar-refractivity contribution in [2.75, 3.05) is 13.6 Å². The fraction of sp³-hybridized carbons (Fsp3) is 0.208. The van der Waals surface area contributed by atoms with Crippen molar-refractivity contribution in [2.45, 2.75) is 25.0 Å². The van der Waals surface area contributed by atoms with Gasteiger partial charge in [-0.05, 0) is 42.3 Å². The van der Waals surface area contributed by atoms with E-state index in [4.69, 9.17) is 4.74 Å². The first-order valence-electron chi connectivity index (χ1n) is 9.90. The molecule has 162 valence electrons. The largest absolute Gasteiger partial charge is 0.489 e. The topological polar surface area (TPSA) is 75.7 Å². The van der Waals surface area contributed by atoms with Gasteiger partial charge in [-0.2, -0.15) is 4.31 Å². The molecule has 7 heteroatoms. The second kappa shape index (κ2) is 10.2. The quantitative estimate of drug-likeness (QED) is 0.555. The van der Waals surface area contributed by atoms with Crippen molar-refractivity contribution in [1.29, 1.82) is 0 Å². The highest BCUT2D eigenvalue weighted by atomic mass is 32.2. The zero-order chi connectivity index (χ0) is 22.3. The molecule has 0 atom stereocenters. The molecule has 1 N–H and O–H groups in total. The van der Waals surface area contributed by atoms with E-state index in [9.17, 15) is 13.2 Å². The number of benzene rings is 3. The summed E-state index contributed by atoms with van der Waals surface area (Å²) in [5, 5.41) is 2.80. The molecule has 0 aliphatic rings. The van der Waals surface area contributed by atoms with Crippen LogP contribution < -0.4 is 10.1 Å². The van der Waals surface area contributed by atoms with Crippen molar-refractivity contribution in [3.8, 4) is 5.75 Å².